The van der Waals surface area contributed by atoms with Gasteiger partial charge in [0.05, 0.1) is 17.3 Å². The molecule has 0 saturated carbocycles. The monoisotopic (exact) mass is 348 g/mol. The molecule has 2 saturated heterocycles. The number of carbonyl (C=O) groups is 1. The zero-order valence-electron chi connectivity index (χ0n) is 15.1. The number of nitrogens with one attached hydrogen (secondary N) is 1. The lowest BCUT2D eigenvalue weighted by molar-refractivity contribution is -0.119. The van der Waals surface area contributed by atoms with Gasteiger partial charge in [-0.15, -0.1) is 0 Å². The Kier molecular flexibility index (Phi) is 5.66. The van der Waals surface area contributed by atoms with E-state index in [1.54, 1.807) is 0 Å². The lowest BCUT2D eigenvalue weighted by Crippen LogP contribution is -2.46. The molecule has 3 heterocycles. The van der Waals surface area contributed by atoms with E-state index < -0.39 is 5.60 Å². The Morgan fingerprint density at radius 1 is 1.48 bits per heavy atom. The Balaban J connectivity index is 1.79. The number of nitrogens with zero attached hydrogens (tertiary/aromatic N) is 3. The third-order valence-corrected chi connectivity index (χ3v) is 5.15. The molecule has 0 bridgehead atoms. The van der Waals surface area contributed by atoms with Gasteiger partial charge in [-0.1, -0.05) is 0 Å². The summed E-state index contributed by atoms with van der Waals surface area (Å²) in [6.45, 7) is 6.67. The van der Waals surface area contributed by atoms with Gasteiger partial charge in [-0.05, 0) is 26.3 Å². The van der Waals surface area contributed by atoms with Crippen molar-refractivity contribution < 1.29 is 14.6 Å². The van der Waals surface area contributed by atoms with Gasteiger partial charge in [0.25, 0.3) is 0 Å². The molecular weight excluding hydrogens is 320 g/mol. The molecule has 7 heteroatoms. The maximum Gasteiger partial charge on any atom is 0.217 e. The van der Waals surface area contributed by atoms with Gasteiger partial charge in [-0.3, -0.25) is 9.69 Å². The maximum atomic E-state index is 11.3. The van der Waals surface area contributed by atoms with Crippen LogP contribution in [0.25, 0.3) is 0 Å². The van der Waals surface area contributed by atoms with Crippen LogP contribution in [0.15, 0.2) is 6.20 Å². The van der Waals surface area contributed by atoms with E-state index in [1.807, 2.05) is 13.1 Å². The van der Waals surface area contributed by atoms with Crippen molar-refractivity contribution in [2.45, 2.75) is 57.7 Å². The van der Waals surface area contributed by atoms with Gasteiger partial charge in [0.2, 0.25) is 5.91 Å². The van der Waals surface area contributed by atoms with Crippen LogP contribution in [0.3, 0.4) is 0 Å². The average molecular weight is 348 g/mol. The van der Waals surface area contributed by atoms with Crippen molar-refractivity contribution in [2.75, 3.05) is 26.3 Å². The summed E-state index contributed by atoms with van der Waals surface area (Å²) in [6, 6.07) is 0.164. The van der Waals surface area contributed by atoms with Crippen LogP contribution in [0.4, 0.5) is 0 Å². The van der Waals surface area contributed by atoms with Crippen LogP contribution in [0.2, 0.25) is 0 Å². The molecule has 1 amide bonds. The number of likely N-dealkylation sites (tertiary alicyclic amines) is 1. The topological polar surface area (TPSA) is 87.6 Å². The Hall–Kier alpha value is -1.57. The third kappa shape index (κ3) is 4.54. The number of hydrogen-bond donors (Lipinski definition) is 2. The number of ether oxygens (including phenoxy) is 1. The molecule has 3 rings (SSSR count). The van der Waals surface area contributed by atoms with Crippen molar-refractivity contribution >= 4 is 5.91 Å². The lowest BCUT2D eigenvalue weighted by Gasteiger charge is -2.37. The van der Waals surface area contributed by atoms with Gasteiger partial charge >= 0.3 is 0 Å². The molecule has 0 aliphatic carbocycles. The molecule has 138 valence electrons. The van der Waals surface area contributed by atoms with Gasteiger partial charge in [0.1, 0.15) is 5.82 Å². The van der Waals surface area contributed by atoms with Crippen LogP contribution in [0.5, 0.6) is 0 Å². The van der Waals surface area contributed by atoms with Crippen LogP contribution in [0, 0.1) is 6.92 Å². The second-order valence-electron chi connectivity index (χ2n) is 7.20. The molecule has 1 atom stereocenters. The number of rotatable bonds is 5. The molecule has 0 radical (unpaired) electrons. The quantitative estimate of drug-likeness (QED) is 0.828. The van der Waals surface area contributed by atoms with Crippen molar-refractivity contribution in [3.8, 4) is 0 Å². The largest absolute Gasteiger partial charge is 0.388 e. The second kappa shape index (κ2) is 7.76. The first kappa shape index (κ1) is 18.2. The normalized spacial score (nSPS) is 23.6. The Morgan fingerprint density at radius 3 is 2.96 bits per heavy atom. The van der Waals surface area contributed by atoms with E-state index in [-0.39, 0.29) is 11.9 Å². The van der Waals surface area contributed by atoms with Crippen LogP contribution in [-0.2, 0) is 16.1 Å². The minimum atomic E-state index is -0.680. The zero-order chi connectivity index (χ0) is 17.9. The molecule has 25 heavy (non-hydrogen) atoms. The molecule has 0 aromatic carbocycles. The number of aryl methyl sites for hydroxylation is 1. The van der Waals surface area contributed by atoms with E-state index in [9.17, 15) is 9.90 Å². The molecule has 2 fully saturated rings. The summed E-state index contributed by atoms with van der Waals surface area (Å²) >= 11 is 0. The Bertz CT molecular complexity index is 616. The van der Waals surface area contributed by atoms with E-state index in [1.165, 1.54) is 6.92 Å². The number of β-amino-alcohol motifs (C(OH)–C–C–N with tert-alkyl or cyclic N) is 1. The number of aliphatic hydroxyl groups is 1. The SMILES string of the molecule is CC(=O)NCc1cnc(C)nc1[C@H]1CCCN1CC1(O)CCOCC1. The lowest BCUT2D eigenvalue weighted by atomic mass is 9.93. The van der Waals surface area contributed by atoms with E-state index in [2.05, 4.69) is 20.2 Å². The van der Waals surface area contributed by atoms with E-state index >= 15 is 0 Å². The van der Waals surface area contributed by atoms with Crippen molar-refractivity contribution in [1.82, 2.24) is 20.2 Å². The number of hydrogen-bond acceptors (Lipinski definition) is 6. The minimum absolute atomic E-state index is 0.0636. The van der Waals surface area contributed by atoms with Gasteiger partial charge in [0, 0.05) is 57.8 Å². The molecule has 7 nitrogen and oxygen atoms in total. The highest BCUT2D eigenvalue weighted by Crippen LogP contribution is 2.35. The first-order chi connectivity index (χ1) is 12.0. The Morgan fingerprint density at radius 2 is 2.24 bits per heavy atom. The van der Waals surface area contributed by atoms with Gasteiger partial charge in [0.15, 0.2) is 0 Å². The molecule has 0 unspecified atom stereocenters. The molecular formula is C18H28N4O3. The Labute approximate surface area is 148 Å². The standard InChI is InChI=1S/C18H28N4O3/c1-13-19-10-15(11-20-14(2)23)17(21-13)16-4-3-7-22(16)12-18(24)5-8-25-9-6-18/h10,16,24H,3-9,11-12H2,1-2H3,(H,20,23)/t16-/m1/s1. The van der Waals surface area contributed by atoms with Gasteiger partial charge in [-0.25, -0.2) is 9.97 Å². The average Bonchev–Trinajstić information content (AvgIpc) is 3.01. The van der Waals surface area contributed by atoms with Gasteiger partial charge < -0.3 is 15.2 Å². The maximum absolute atomic E-state index is 11.3. The first-order valence-electron chi connectivity index (χ1n) is 9.08. The molecule has 1 aromatic heterocycles. The summed E-state index contributed by atoms with van der Waals surface area (Å²) in [5.74, 6) is 0.671. The first-order valence-corrected chi connectivity index (χ1v) is 9.08. The third-order valence-electron chi connectivity index (χ3n) is 5.15. The van der Waals surface area contributed by atoms with Crippen LogP contribution in [0.1, 0.15) is 55.7 Å². The highest BCUT2D eigenvalue weighted by Gasteiger charge is 2.37. The predicted octanol–water partition coefficient (Wildman–Crippen LogP) is 1.10. The highest BCUT2D eigenvalue weighted by atomic mass is 16.5. The van der Waals surface area contributed by atoms with E-state index in [4.69, 9.17) is 4.74 Å². The number of aromatic nitrogens is 2. The van der Waals surface area contributed by atoms with Crippen molar-refractivity contribution in [3.05, 3.63) is 23.3 Å². The predicted molar refractivity (Wildman–Crippen MR) is 92.8 cm³/mol. The zero-order valence-corrected chi connectivity index (χ0v) is 15.1. The molecule has 2 aliphatic heterocycles. The summed E-state index contributed by atoms with van der Waals surface area (Å²) in [6.07, 6.45) is 5.26. The molecule has 0 spiro atoms. The molecule has 1 aromatic rings. The summed E-state index contributed by atoms with van der Waals surface area (Å²) in [5.41, 5.74) is 1.26. The number of amides is 1. The van der Waals surface area contributed by atoms with Gasteiger partial charge in [-0.2, -0.15) is 0 Å². The van der Waals surface area contributed by atoms with Crippen molar-refractivity contribution in [1.29, 1.82) is 0 Å². The second-order valence-corrected chi connectivity index (χ2v) is 7.20. The van der Waals surface area contributed by atoms with Crippen LogP contribution < -0.4 is 5.32 Å². The van der Waals surface area contributed by atoms with Crippen LogP contribution >= 0.6 is 0 Å². The highest BCUT2D eigenvalue weighted by molar-refractivity contribution is 5.72. The summed E-state index contributed by atoms with van der Waals surface area (Å²) in [5, 5.41) is 13.7. The van der Waals surface area contributed by atoms with Crippen molar-refractivity contribution in [3.63, 3.8) is 0 Å². The minimum Gasteiger partial charge on any atom is -0.388 e. The molecule has 2 N–H and O–H groups in total. The fourth-order valence-corrected chi connectivity index (χ4v) is 3.77. The fourth-order valence-electron chi connectivity index (χ4n) is 3.77. The summed E-state index contributed by atoms with van der Waals surface area (Å²) in [4.78, 5) is 22.6. The smallest absolute Gasteiger partial charge is 0.217 e. The summed E-state index contributed by atoms with van der Waals surface area (Å²) < 4.78 is 5.39. The number of carbonyl (C=O) groups excluding carboxylic acids is 1. The van der Waals surface area contributed by atoms with E-state index in [0.717, 1.165) is 36.5 Å². The molecule has 2 aliphatic rings. The van der Waals surface area contributed by atoms with Crippen LogP contribution in [-0.4, -0.2) is 57.8 Å². The summed E-state index contributed by atoms with van der Waals surface area (Å²) in [7, 11) is 0. The van der Waals surface area contributed by atoms with E-state index in [0.29, 0.717) is 39.1 Å². The van der Waals surface area contributed by atoms with Crippen molar-refractivity contribution in [2.24, 2.45) is 0 Å². The fraction of sp³-hybridized carbons (Fsp3) is 0.722.